The molecule has 0 aromatic heterocycles. The van der Waals surface area contributed by atoms with Crippen LogP contribution in [0.5, 0.6) is 11.5 Å². The van der Waals surface area contributed by atoms with Gasteiger partial charge in [0, 0.05) is 17.7 Å². The van der Waals surface area contributed by atoms with Crippen LogP contribution in [-0.2, 0) is 9.53 Å². The molecule has 38 heavy (non-hydrogen) atoms. The van der Waals surface area contributed by atoms with Crippen molar-refractivity contribution < 1.29 is 23.9 Å². The fourth-order valence-corrected chi connectivity index (χ4v) is 4.55. The zero-order valence-electron chi connectivity index (χ0n) is 21.0. The van der Waals surface area contributed by atoms with Crippen LogP contribution in [0.3, 0.4) is 0 Å². The minimum absolute atomic E-state index is 0.0364. The largest absolute Gasteiger partial charge is 0.491 e. The summed E-state index contributed by atoms with van der Waals surface area (Å²) in [5.74, 6) is 0.311. The summed E-state index contributed by atoms with van der Waals surface area (Å²) in [6.45, 7) is 5.17. The van der Waals surface area contributed by atoms with E-state index < -0.39 is 10.8 Å². The van der Waals surface area contributed by atoms with Crippen molar-refractivity contribution in [1.82, 2.24) is 5.01 Å². The third-order valence-corrected chi connectivity index (χ3v) is 6.44. The number of aryl methyl sites for hydroxylation is 1. The van der Waals surface area contributed by atoms with Gasteiger partial charge in [-0.1, -0.05) is 24.6 Å². The van der Waals surface area contributed by atoms with Crippen LogP contribution in [-0.4, -0.2) is 58.3 Å². The average molecular weight is 538 g/mol. The summed E-state index contributed by atoms with van der Waals surface area (Å²) in [6.07, 6.45) is 2.96. The van der Waals surface area contributed by atoms with Crippen LogP contribution in [0.2, 0.25) is 0 Å². The van der Waals surface area contributed by atoms with Crippen molar-refractivity contribution >= 4 is 45.5 Å². The number of non-ortho nitro benzene ring substituents is 1. The molecular weight excluding hydrogens is 510 g/mol. The number of rotatable bonds is 12. The van der Waals surface area contributed by atoms with Gasteiger partial charge in [0.2, 0.25) is 5.17 Å². The highest BCUT2D eigenvalue weighted by atomic mass is 32.2. The number of nitro groups is 1. The molecule has 0 saturated carbocycles. The molecular formula is C26H27N5O6S. The molecule has 2 aromatic rings. The summed E-state index contributed by atoms with van der Waals surface area (Å²) in [5.41, 5.74) is 1.22. The van der Waals surface area contributed by atoms with E-state index in [1.165, 1.54) is 41.0 Å². The maximum Gasteiger partial charge on any atom is 0.283 e. The predicted molar refractivity (Wildman–Crippen MR) is 146 cm³/mol. The molecule has 0 bridgehead atoms. The van der Waals surface area contributed by atoms with E-state index in [2.05, 4.69) is 10.1 Å². The van der Waals surface area contributed by atoms with Gasteiger partial charge in [-0.2, -0.15) is 15.1 Å². The van der Waals surface area contributed by atoms with Crippen molar-refractivity contribution in [2.75, 3.05) is 26.4 Å². The van der Waals surface area contributed by atoms with Crippen molar-refractivity contribution in [3.05, 3.63) is 69.3 Å². The molecule has 12 heteroatoms. The minimum Gasteiger partial charge on any atom is -0.491 e. The number of aliphatic imine (C=N–C) groups is 1. The van der Waals surface area contributed by atoms with E-state index in [4.69, 9.17) is 19.6 Å². The fraction of sp³-hybridized carbons (Fsp3) is 0.308. The van der Waals surface area contributed by atoms with Crippen molar-refractivity contribution in [3.63, 3.8) is 0 Å². The summed E-state index contributed by atoms with van der Waals surface area (Å²) in [7, 11) is 0. The number of nitrogens with zero attached hydrogens (tertiary/aromatic N) is 4. The SMILES string of the molecule is CCCC1=NN2C(=N)/C(=C\c3cc([N+](=O)[O-])ccc3OCCOCCOc3ccc(C)cc3)C(=O)N=C2S1. The summed E-state index contributed by atoms with van der Waals surface area (Å²) in [5, 5.41) is 26.7. The molecule has 1 N–H and O–H groups in total. The van der Waals surface area contributed by atoms with Gasteiger partial charge in [0.1, 0.15) is 29.8 Å². The van der Waals surface area contributed by atoms with E-state index in [9.17, 15) is 14.9 Å². The lowest BCUT2D eigenvalue weighted by molar-refractivity contribution is -0.384. The van der Waals surface area contributed by atoms with Crippen molar-refractivity contribution in [3.8, 4) is 11.5 Å². The van der Waals surface area contributed by atoms with Gasteiger partial charge in [-0.15, -0.1) is 0 Å². The van der Waals surface area contributed by atoms with Crippen LogP contribution >= 0.6 is 11.8 Å². The number of hydrogen-bond donors (Lipinski definition) is 1. The van der Waals surface area contributed by atoms with Gasteiger partial charge in [0.15, 0.2) is 5.84 Å². The molecule has 0 spiro atoms. The molecule has 0 unspecified atom stereocenters. The normalized spacial score (nSPS) is 15.8. The van der Waals surface area contributed by atoms with E-state index in [0.717, 1.165) is 22.8 Å². The number of amides is 1. The third kappa shape index (κ3) is 6.64. The molecule has 11 nitrogen and oxygen atoms in total. The Hall–Kier alpha value is -4.03. The van der Waals surface area contributed by atoms with Crippen molar-refractivity contribution in [2.24, 2.45) is 10.1 Å². The Balaban J connectivity index is 1.40. The van der Waals surface area contributed by atoms with E-state index in [0.29, 0.717) is 30.6 Å². The number of benzene rings is 2. The van der Waals surface area contributed by atoms with E-state index in [-0.39, 0.29) is 35.9 Å². The standard InChI is InChI=1S/C26H27N5O6S/c1-3-4-23-29-30-24(27)21(25(32)28-26(30)38-23)16-18-15-19(31(33)34)7-10-22(18)37-14-12-35-11-13-36-20-8-5-17(2)6-9-20/h5-10,15-16,27H,3-4,11-14H2,1-2H3/b21-16+,27-24?. The zero-order chi connectivity index (χ0) is 27.1. The second-order valence-electron chi connectivity index (χ2n) is 8.37. The summed E-state index contributed by atoms with van der Waals surface area (Å²) in [4.78, 5) is 27.6. The summed E-state index contributed by atoms with van der Waals surface area (Å²) >= 11 is 1.26. The van der Waals surface area contributed by atoms with Gasteiger partial charge in [0.25, 0.3) is 11.6 Å². The number of hydrogen-bond acceptors (Lipinski definition) is 9. The van der Waals surface area contributed by atoms with Crippen LogP contribution in [0.15, 0.2) is 58.1 Å². The molecule has 0 saturated heterocycles. The number of hydrazone groups is 1. The van der Waals surface area contributed by atoms with Gasteiger partial charge in [-0.05, 0) is 55.8 Å². The first kappa shape index (κ1) is 27.0. The number of fused-ring (bicyclic) bond motifs is 1. The molecule has 0 radical (unpaired) electrons. The van der Waals surface area contributed by atoms with Crippen LogP contribution in [0.25, 0.3) is 6.08 Å². The predicted octanol–water partition coefficient (Wildman–Crippen LogP) is 4.80. The third-order valence-electron chi connectivity index (χ3n) is 5.47. The van der Waals surface area contributed by atoms with Gasteiger partial charge >= 0.3 is 0 Å². The number of nitrogens with one attached hydrogen (secondary N) is 1. The first-order valence-corrected chi connectivity index (χ1v) is 12.8. The van der Waals surface area contributed by atoms with Gasteiger partial charge in [-0.25, -0.2) is 0 Å². The summed E-state index contributed by atoms with van der Waals surface area (Å²) < 4.78 is 17.0. The lowest BCUT2D eigenvalue weighted by Crippen LogP contribution is -2.35. The molecule has 0 aliphatic carbocycles. The monoisotopic (exact) mass is 537 g/mol. The Labute approximate surface area is 223 Å². The highest BCUT2D eigenvalue weighted by Gasteiger charge is 2.35. The smallest absolute Gasteiger partial charge is 0.283 e. The number of nitro benzene ring substituents is 1. The lowest BCUT2D eigenvalue weighted by atomic mass is 10.1. The van der Waals surface area contributed by atoms with Gasteiger partial charge in [-0.3, -0.25) is 20.3 Å². The van der Waals surface area contributed by atoms with Crippen LogP contribution in [0.4, 0.5) is 5.69 Å². The van der Waals surface area contributed by atoms with E-state index in [1.54, 1.807) is 0 Å². The highest BCUT2D eigenvalue weighted by Crippen LogP contribution is 2.32. The second kappa shape index (κ2) is 12.5. The van der Waals surface area contributed by atoms with Crippen LogP contribution < -0.4 is 9.47 Å². The molecule has 198 valence electrons. The minimum atomic E-state index is -0.615. The molecule has 2 aliphatic rings. The zero-order valence-corrected chi connectivity index (χ0v) is 21.8. The molecule has 2 aliphatic heterocycles. The number of amidine groups is 2. The average Bonchev–Trinajstić information content (AvgIpc) is 3.30. The molecule has 2 heterocycles. The first-order chi connectivity index (χ1) is 18.4. The quantitative estimate of drug-likeness (QED) is 0.176. The molecule has 0 atom stereocenters. The second-order valence-corrected chi connectivity index (χ2v) is 9.41. The maximum atomic E-state index is 12.7. The molecule has 0 fully saturated rings. The fourth-order valence-electron chi connectivity index (χ4n) is 3.56. The Morgan fingerprint density at radius 2 is 1.84 bits per heavy atom. The Morgan fingerprint density at radius 3 is 2.55 bits per heavy atom. The Morgan fingerprint density at radius 1 is 1.11 bits per heavy atom. The number of carbonyl (C=O) groups is 1. The first-order valence-electron chi connectivity index (χ1n) is 12.0. The van der Waals surface area contributed by atoms with Crippen LogP contribution in [0, 0.1) is 22.4 Å². The van der Waals surface area contributed by atoms with E-state index >= 15 is 0 Å². The number of thioether (sulfide) groups is 1. The van der Waals surface area contributed by atoms with Gasteiger partial charge < -0.3 is 14.2 Å². The topological polar surface area (TPSA) is 140 Å². The lowest BCUT2D eigenvalue weighted by Gasteiger charge is -2.20. The highest BCUT2D eigenvalue weighted by molar-refractivity contribution is 8.26. The van der Waals surface area contributed by atoms with Crippen LogP contribution in [0.1, 0.15) is 30.9 Å². The Kier molecular flexibility index (Phi) is 8.87. The van der Waals surface area contributed by atoms with Crippen molar-refractivity contribution in [1.29, 1.82) is 5.41 Å². The molecule has 1 amide bonds. The summed E-state index contributed by atoms with van der Waals surface area (Å²) in [6, 6.07) is 11.8. The van der Waals surface area contributed by atoms with Gasteiger partial charge in [0.05, 0.1) is 23.7 Å². The van der Waals surface area contributed by atoms with E-state index in [1.807, 2.05) is 38.1 Å². The molecule has 4 rings (SSSR count). The molecule has 2 aromatic carbocycles. The Bertz CT molecular complexity index is 1320. The maximum absolute atomic E-state index is 12.7. The number of carbonyl (C=O) groups excluding carboxylic acids is 1. The van der Waals surface area contributed by atoms with Crippen molar-refractivity contribution in [2.45, 2.75) is 26.7 Å². The number of ether oxygens (including phenoxy) is 3.